The number of fused-ring (bicyclic) bond motifs is 1. The molecule has 172 valence electrons. The minimum atomic E-state index is -3.80. The van der Waals surface area contributed by atoms with Crippen molar-refractivity contribution >= 4 is 44.8 Å². The Morgan fingerprint density at radius 3 is 2.44 bits per heavy atom. The Balaban J connectivity index is 1.61. The third kappa shape index (κ3) is 4.57. The molecule has 32 heavy (non-hydrogen) atoms. The topological polar surface area (TPSA) is 84.0 Å². The Hall–Kier alpha value is -1.94. The molecule has 0 saturated carbocycles. The number of esters is 1. The summed E-state index contributed by atoms with van der Waals surface area (Å²) in [5, 5.41) is 0.611. The second-order valence-corrected chi connectivity index (χ2v) is 11.7. The van der Waals surface area contributed by atoms with Crippen LogP contribution in [0.25, 0.3) is 0 Å². The molecule has 0 unspecified atom stereocenters. The maximum Gasteiger partial charge on any atom is 0.340 e. The standard InChI is InChI=1S/C22H25ClN2O5S2/c1-30-21(27)20-17-9-12-24(19(26)13-15-5-7-16(23)8-6-15)14-18(17)31-22(20)32(28,29)25-10-3-2-4-11-25/h5-8H,2-4,9-14H2,1H3. The van der Waals surface area contributed by atoms with Crippen molar-refractivity contribution in [3.05, 3.63) is 50.9 Å². The van der Waals surface area contributed by atoms with Gasteiger partial charge in [-0.25, -0.2) is 13.2 Å². The zero-order chi connectivity index (χ0) is 22.9. The number of hydrogen-bond acceptors (Lipinski definition) is 6. The van der Waals surface area contributed by atoms with Crippen molar-refractivity contribution in [3.8, 4) is 0 Å². The van der Waals surface area contributed by atoms with E-state index >= 15 is 0 Å². The molecule has 1 saturated heterocycles. The molecule has 7 nitrogen and oxygen atoms in total. The van der Waals surface area contributed by atoms with Crippen LogP contribution in [0.15, 0.2) is 28.5 Å². The van der Waals surface area contributed by atoms with Crippen LogP contribution in [0.1, 0.15) is 45.6 Å². The van der Waals surface area contributed by atoms with E-state index in [0.717, 1.165) is 41.0 Å². The molecular formula is C22H25ClN2O5S2. The molecule has 0 N–H and O–H groups in total. The number of halogens is 1. The molecule has 1 aromatic heterocycles. The lowest BCUT2D eigenvalue weighted by atomic mass is 10.0. The zero-order valence-corrected chi connectivity index (χ0v) is 20.2. The van der Waals surface area contributed by atoms with Crippen molar-refractivity contribution in [3.63, 3.8) is 0 Å². The summed E-state index contributed by atoms with van der Waals surface area (Å²) in [5.41, 5.74) is 1.69. The fourth-order valence-electron chi connectivity index (χ4n) is 4.19. The summed E-state index contributed by atoms with van der Waals surface area (Å²) in [7, 11) is -2.54. The second-order valence-electron chi connectivity index (χ2n) is 7.99. The highest BCUT2D eigenvalue weighted by Crippen LogP contribution is 2.38. The number of ether oxygens (including phenoxy) is 1. The molecule has 2 aromatic rings. The van der Waals surface area contributed by atoms with Gasteiger partial charge in [-0.2, -0.15) is 4.31 Å². The molecule has 2 aliphatic heterocycles. The highest BCUT2D eigenvalue weighted by Gasteiger charge is 2.37. The lowest BCUT2D eigenvalue weighted by molar-refractivity contribution is -0.131. The fourth-order valence-corrected chi connectivity index (χ4v) is 7.88. The normalized spacial score (nSPS) is 17.1. The van der Waals surface area contributed by atoms with Crippen LogP contribution in [-0.2, 0) is 38.9 Å². The van der Waals surface area contributed by atoms with Crippen LogP contribution in [0, 0.1) is 0 Å². The first-order valence-corrected chi connectivity index (χ1v) is 13.2. The fraction of sp³-hybridized carbons (Fsp3) is 0.455. The van der Waals surface area contributed by atoms with Gasteiger partial charge in [-0.3, -0.25) is 4.79 Å². The highest BCUT2D eigenvalue weighted by atomic mass is 35.5. The second kappa shape index (κ2) is 9.51. The summed E-state index contributed by atoms with van der Waals surface area (Å²) in [5.74, 6) is -0.689. The minimum absolute atomic E-state index is 0.0447. The molecular weight excluding hydrogens is 472 g/mol. The van der Waals surface area contributed by atoms with Crippen LogP contribution in [0.4, 0.5) is 0 Å². The number of methoxy groups -OCH3 is 1. The van der Waals surface area contributed by atoms with Gasteiger partial charge in [0.2, 0.25) is 5.91 Å². The van der Waals surface area contributed by atoms with E-state index in [-0.39, 0.29) is 28.6 Å². The number of sulfonamides is 1. The smallest absolute Gasteiger partial charge is 0.340 e. The molecule has 0 aliphatic carbocycles. The van der Waals surface area contributed by atoms with Crippen LogP contribution in [-0.4, -0.2) is 56.2 Å². The first-order chi connectivity index (χ1) is 15.3. The number of carbonyl (C=O) groups is 2. The monoisotopic (exact) mass is 496 g/mol. The van der Waals surface area contributed by atoms with Gasteiger partial charge in [-0.15, -0.1) is 11.3 Å². The van der Waals surface area contributed by atoms with Crippen molar-refractivity contribution < 1.29 is 22.7 Å². The molecule has 1 aromatic carbocycles. The SMILES string of the molecule is COC(=O)c1c(S(=O)(=O)N2CCCCC2)sc2c1CCN(C(=O)Cc1ccc(Cl)cc1)C2. The Morgan fingerprint density at radius 2 is 1.78 bits per heavy atom. The van der Waals surface area contributed by atoms with E-state index in [0.29, 0.717) is 36.6 Å². The van der Waals surface area contributed by atoms with Gasteiger partial charge < -0.3 is 9.64 Å². The quantitative estimate of drug-likeness (QED) is 0.591. The first-order valence-electron chi connectivity index (χ1n) is 10.6. The summed E-state index contributed by atoms with van der Waals surface area (Å²) in [6.45, 7) is 1.61. The third-order valence-corrected chi connectivity index (χ3v) is 9.79. The number of amides is 1. The Labute approximate surface area is 197 Å². The molecule has 10 heteroatoms. The van der Waals surface area contributed by atoms with Crippen molar-refractivity contribution in [1.82, 2.24) is 9.21 Å². The predicted octanol–water partition coefficient (Wildman–Crippen LogP) is 3.49. The summed E-state index contributed by atoms with van der Waals surface area (Å²) >= 11 is 7.01. The van der Waals surface area contributed by atoms with Crippen LogP contribution >= 0.6 is 22.9 Å². The van der Waals surface area contributed by atoms with E-state index in [1.54, 1.807) is 17.0 Å². The molecule has 0 spiro atoms. The van der Waals surface area contributed by atoms with Crippen LogP contribution in [0.5, 0.6) is 0 Å². The summed E-state index contributed by atoms with van der Waals surface area (Å²) in [6.07, 6.45) is 3.27. The van der Waals surface area contributed by atoms with E-state index in [9.17, 15) is 18.0 Å². The van der Waals surface area contributed by atoms with E-state index < -0.39 is 16.0 Å². The largest absolute Gasteiger partial charge is 0.465 e. The van der Waals surface area contributed by atoms with Gasteiger partial charge in [0, 0.05) is 29.5 Å². The summed E-state index contributed by atoms with van der Waals surface area (Å²) in [4.78, 5) is 27.9. The Bertz CT molecular complexity index is 1120. The van der Waals surface area contributed by atoms with Gasteiger partial charge in [0.25, 0.3) is 10.0 Å². The molecule has 0 bridgehead atoms. The maximum atomic E-state index is 13.4. The first kappa shape index (κ1) is 23.2. The van der Waals surface area contributed by atoms with Gasteiger partial charge in [-0.1, -0.05) is 30.2 Å². The van der Waals surface area contributed by atoms with Crippen molar-refractivity contribution in [2.24, 2.45) is 0 Å². The van der Waals surface area contributed by atoms with Crippen LogP contribution in [0.3, 0.4) is 0 Å². The van der Waals surface area contributed by atoms with Crippen molar-refractivity contribution in [1.29, 1.82) is 0 Å². The van der Waals surface area contributed by atoms with Crippen molar-refractivity contribution in [2.75, 3.05) is 26.7 Å². The van der Waals surface area contributed by atoms with E-state index in [4.69, 9.17) is 16.3 Å². The highest BCUT2D eigenvalue weighted by molar-refractivity contribution is 7.91. The Kier molecular flexibility index (Phi) is 6.90. The number of piperidine rings is 1. The number of hydrogen-bond donors (Lipinski definition) is 0. The number of benzene rings is 1. The lowest BCUT2D eigenvalue weighted by Crippen LogP contribution is -2.37. The molecule has 2 aliphatic rings. The molecule has 1 amide bonds. The van der Waals surface area contributed by atoms with E-state index in [1.807, 2.05) is 12.1 Å². The van der Waals surface area contributed by atoms with E-state index in [1.165, 1.54) is 11.4 Å². The van der Waals surface area contributed by atoms with Gasteiger partial charge in [0.05, 0.1) is 25.6 Å². The van der Waals surface area contributed by atoms with E-state index in [2.05, 4.69) is 0 Å². The number of nitrogens with zero attached hydrogens (tertiary/aromatic N) is 2. The predicted molar refractivity (Wildman–Crippen MR) is 123 cm³/mol. The minimum Gasteiger partial charge on any atom is -0.465 e. The number of carbonyl (C=O) groups excluding carboxylic acids is 2. The summed E-state index contributed by atoms with van der Waals surface area (Å²) in [6, 6.07) is 7.13. The molecule has 3 heterocycles. The molecule has 1 fully saturated rings. The van der Waals surface area contributed by atoms with Gasteiger partial charge >= 0.3 is 5.97 Å². The summed E-state index contributed by atoms with van der Waals surface area (Å²) < 4.78 is 33.2. The lowest BCUT2D eigenvalue weighted by Gasteiger charge is -2.27. The Morgan fingerprint density at radius 1 is 1.09 bits per heavy atom. The number of rotatable bonds is 5. The van der Waals surface area contributed by atoms with Crippen LogP contribution in [0.2, 0.25) is 5.02 Å². The van der Waals surface area contributed by atoms with Crippen molar-refractivity contribution in [2.45, 2.75) is 42.9 Å². The zero-order valence-electron chi connectivity index (χ0n) is 17.8. The van der Waals surface area contributed by atoms with Gasteiger partial charge in [0.1, 0.15) is 4.21 Å². The average Bonchev–Trinajstić information content (AvgIpc) is 3.20. The molecule has 0 atom stereocenters. The third-order valence-electron chi connectivity index (χ3n) is 5.92. The van der Waals surface area contributed by atoms with Gasteiger partial charge in [-0.05, 0) is 42.5 Å². The van der Waals surface area contributed by atoms with Crippen LogP contribution < -0.4 is 0 Å². The van der Waals surface area contributed by atoms with Gasteiger partial charge in [0.15, 0.2) is 0 Å². The number of thiophene rings is 1. The molecule has 4 rings (SSSR count). The average molecular weight is 497 g/mol. The maximum absolute atomic E-state index is 13.4. The molecule has 0 radical (unpaired) electrons.